The lowest BCUT2D eigenvalue weighted by Crippen LogP contribution is -2.23. The Balaban J connectivity index is 1.41. The normalized spacial score (nSPS) is 16.8. The zero-order valence-electron chi connectivity index (χ0n) is 13.8. The quantitative estimate of drug-likeness (QED) is 0.792. The summed E-state index contributed by atoms with van der Waals surface area (Å²) in [4.78, 5) is 15.8. The van der Waals surface area contributed by atoms with E-state index < -0.39 is 0 Å². The Kier molecular flexibility index (Phi) is 4.13. The molecule has 1 N–H and O–H groups in total. The summed E-state index contributed by atoms with van der Waals surface area (Å²) in [5.41, 5.74) is 2.43. The van der Waals surface area contributed by atoms with E-state index in [0.717, 1.165) is 42.9 Å². The van der Waals surface area contributed by atoms with Crippen LogP contribution in [0.25, 0.3) is 11.0 Å². The Bertz CT molecular complexity index is 932. The molecule has 2 aromatic heterocycles. The van der Waals surface area contributed by atoms with E-state index in [0.29, 0.717) is 17.3 Å². The van der Waals surface area contributed by atoms with Gasteiger partial charge in [-0.05, 0) is 36.6 Å². The van der Waals surface area contributed by atoms with Crippen molar-refractivity contribution < 1.29 is 0 Å². The molecule has 1 fully saturated rings. The minimum atomic E-state index is 0.488. The first-order chi connectivity index (χ1) is 12.3. The van der Waals surface area contributed by atoms with E-state index in [2.05, 4.69) is 26.3 Å². The van der Waals surface area contributed by atoms with Gasteiger partial charge in [0.15, 0.2) is 0 Å². The van der Waals surface area contributed by atoms with Crippen LogP contribution in [0.4, 0.5) is 11.6 Å². The van der Waals surface area contributed by atoms with Gasteiger partial charge in [0.1, 0.15) is 17.7 Å². The molecule has 0 bridgehead atoms. The highest BCUT2D eigenvalue weighted by Crippen LogP contribution is 2.23. The van der Waals surface area contributed by atoms with Crippen LogP contribution in [0.3, 0.4) is 0 Å². The molecule has 1 atom stereocenters. The van der Waals surface area contributed by atoms with Gasteiger partial charge < -0.3 is 10.2 Å². The maximum atomic E-state index is 9.13. The number of anilines is 2. The first-order valence-electron chi connectivity index (χ1n) is 8.39. The Morgan fingerprint density at radius 3 is 2.92 bits per heavy atom. The second-order valence-electron chi connectivity index (χ2n) is 6.21. The molecule has 0 spiro atoms. The molecule has 124 valence electrons. The minimum absolute atomic E-state index is 0.488. The molecule has 0 radical (unpaired) electrons. The number of para-hydroxylation sites is 2. The zero-order chi connectivity index (χ0) is 17.1. The number of nitrogens with one attached hydrogen (secondary N) is 1. The van der Waals surface area contributed by atoms with E-state index >= 15 is 0 Å². The van der Waals surface area contributed by atoms with E-state index in [1.807, 2.05) is 30.5 Å². The fraction of sp³-hybridized carbons (Fsp3) is 0.263. The van der Waals surface area contributed by atoms with Crippen molar-refractivity contribution in [3.8, 4) is 6.07 Å². The van der Waals surface area contributed by atoms with Crippen LogP contribution in [0.2, 0.25) is 0 Å². The predicted octanol–water partition coefficient (Wildman–Crippen LogP) is 2.83. The standard InChI is InChI=1S/C19H18N6/c20-10-15-4-3-8-21-19(15)23-11-14-7-9-25(13-14)18-12-22-16-5-1-2-6-17(16)24-18/h1-6,8,12,14H,7,9,11,13H2,(H,21,23)/t14-/m0/s1. The first-order valence-corrected chi connectivity index (χ1v) is 8.39. The van der Waals surface area contributed by atoms with E-state index in [4.69, 9.17) is 10.2 Å². The molecule has 1 aliphatic rings. The van der Waals surface area contributed by atoms with Crippen molar-refractivity contribution in [3.63, 3.8) is 0 Å². The summed E-state index contributed by atoms with van der Waals surface area (Å²) in [5.74, 6) is 2.08. The fourth-order valence-corrected chi connectivity index (χ4v) is 3.18. The van der Waals surface area contributed by atoms with Crippen LogP contribution in [-0.4, -0.2) is 34.6 Å². The van der Waals surface area contributed by atoms with Gasteiger partial charge in [-0.15, -0.1) is 0 Å². The molecule has 6 heteroatoms. The van der Waals surface area contributed by atoms with Crippen LogP contribution in [0.5, 0.6) is 0 Å². The maximum Gasteiger partial charge on any atom is 0.147 e. The zero-order valence-corrected chi connectivity index (χ0v) is 13.8. The van der Waals surface area contributed by atoms with Crippen LogP contribution in [-0.2, 0) is 0 Å². The molecule has 25 heavy (non-hydrogen) atoms. The molecule has 0 saturated carbocycles. The van der Waals surface area contributed by atoms with Gasteiger partial charge in [-0.3, -0.25) is 4.98 Å². The summed E-state index contributed by atoms with van der Waals surface area (Å²) < 4.78 is 0. The maximum absolute atomic E-state index is 9.13. The Morgan fingerprint density at radius 2 is 2.04 bits per heavy atom. The molecular weight excluding hydrogens is 312 g/mol. The lowest BCUT2D eigenvalue weighted by atomic mass is 10.1. The molecule has 1 saturated heterocycles. The number of aromatic nitrogens is 3. The second-order valence-corrected chi connectivity index (χ2v) is 6.21. The smallest absolute Gasteiger partial charge is 0.147 e. The molecule has 3 heterocycles. The molecule has 0 aliphatic carbocycles. The highest BCUT2D eigenvalue weighted by molar-refractivity contribution is 5.75. The van der Waals surface area contributed by atoms with E-state index in [1.54, 1.807) is 18.3 Å². The van der Waals surface area contributed by atoms with Crippen LogP contribution in [0.1, 0.15) is 12.0 Å². The van der Waals surface area contributed by atoms with Crippen LogP contribution >= 0.6 is 0 Å². The van der Waals surface area contributed by atoms with Gasteiger partial charge in [-0.25, -0.2) is 9.97 Å². The molecule has 1 aliphatic heterocycles. The second kappa shape index (κ2) is 6.73. The third-order valence-corrected chi connectivity index (χ3v) is 4.53. The summed E-state index contributed by atoms with van der Waals surface area (Å²) >= 11 is 0. The molecule has 0 unspecified atom stereocenters. The number of fused-ring (bicyclic) bond motifs is 1. The molecule has 1 aromatic carbocycles. The summed E-state index contributed by atoms with van der Waals surface area (Å²) in [6.07, 6.45) is 4.63. The van der Waals surface area contributed by atoms with E-state index in [1.165, 1.54) is 0 Å². The van der Waals surface area contributed by atoms with Gasteiger partial charge in [0, 0.05) is 25.8 Å². The number of benzene rings is 1. The largest absolute Gasteiger partial charge is 0.369 e. The van der Waals surface area contributed by atoms with Crippen molar-refractivity contribution in [2.75, 3.05) is 29.9 Å². The van der Waals surface area contributed by atoms with Gasteiger partial charge in [0.2, 0.25) is 0 Å². The van der Waals surface area contributed by atoms with Crippen molar-refractivity contribution in [1.29, 1.82) is 5.26 Å². The van der Waals surface area contributed by atoms with Gasteiger partial charge in [-0.1, -0.05) is 12.1 Å². The van der Waals surface area contributed by atoms with Crippen molar-refractivity contribution in [2.45, 2.75) is 6.42 Å². The lowest BCUT2D eigenvalue weighted by molar-refractivity contribution is 0.620. The molecular formula is C19H18N6. The number of nitrogens with zero attached hydrogens (tertiary/aromatic N) is 5. The van der Waals surface area contributed by atoms with E-state index in [-0.39, 0.29) is 0 Å². The molecule has 3 aromatic rings. The monoisotopic (exact) mass is 330 g/mol. The number of hydrogen-bond donors (Lipinski definition) is 1. The third kappa shape index (κ3) is 3.22. The van der Waals surface area contributed by atoms with Crippen molar-refractivity contribution in [1.82, 2.24) is 15.0 Å². The van der Waals surface area contributed by atoms with Crippen LogP contribution in [0, 0.1) is 17.2 Å². The van der Waals surface area contributed by atoms with E-state index in [9.17, 15) is 0 Å². The summed E-state index contributed by atoms with van der Waals surface area (Å²) in [6, 6.07) is 13.6. The van der Waals surface area contributed by atoms with Crippen LogP contribution < -0.4 is 10.2 Å². The third-order valence-electron chi connectivity index (χ3n) is 4.53. The van der Waals surface area contributed by atoms with Crippen molar-refractivity contribution in [2.24, 2.45) is 5.92 Å². The average Bonchev–Trinajstić information content (AvgIpc) is 3.15. The molecule has 4 rings (SSSR count). The predicted molar refractivity (Wildman–Crippen MR) is 97.3 cm³/mol. The lowest BCUT2D eigenvalue weighted by Gasteiger charge is -2.18. The van der Waals surface area contributed by atoms with Gasteiger partial charge in [0.05, 0.1) is 22.8 Å². The minimum Gasteiger partial charge on any atom is -0.369 e. The fourth-order valence-electron chi connectivity index (χ4n) is 3.18. The highest BCUT2D eigenvalue weighted by Gasteiger charge is 2.24. The number of pyridine rings is 1. The Hall–Kier alpha value is -3.20. The van der Waals surface area contributed by atoms with Gasteiger partial charge in [0.25, 0.3) is 0 Å². The summed E-state index contributed by atoms with van der Waals surface area (Å²) in [7, 11) is 0. The van der Waals surface area contributed by atoms with Gasteiger partial charge >= 0.3 is 0 Å². The summed E-state index contributed by atoms with van der Waals surface area (Å²) in [5, 5.41) is 12.4. The van der Waals surface area contributed by atoms with Crippen molar-refractivity contribution >= 4 is 22.7 Å². The Morgan fingerprint density at radius 1 is 1.16 bits per heavy atom. The van der Waals surface area contributed by atoms with Crippen LogP contribution in [0.15, 0.2) is 48.8 Å². The number of rotatable bonds is 4. The topological polar surface area (TPSA) is 77.7 Å². The number of hydrogen-bond acceptors (Lipinski definition) is 6. The van der Waals surface area contributed by atoms with Gasteiger partial charge in [-0.2, -0.15) is 5.26 Å². The Labute approximate surface area is 146 Å². The molecule has 6 nitrogen and oxygen atoms in total. The average molecular weight is 330 g/mol. The highest BCUT2D eigenvalue weighted by atomic mass is 15.2. The number of nitriles is 1. The first kappa shape index (κ1) is 15.3. The summed E-state index contributed by atoms with van der Waals surface area (Å²) in [6.45, 7) is 2.69. The SMILES string of the molecule is N#Cc1cccnc1NC[C@@H]1CCN(c2cnc3ccccc3n2)C1. The van der Waals surface area contributed by atoms with Crippen molar-refractivity contribution in [3.05, 3.63) is 54.4 Å². The molecule has 0 amide bonds.